The van der Waals surface area contributed by atoms with Crippen molar-refractivity contribution >= 4 is 0 Å². The van der Waals surface area contributed by atoms with E-state index < -0.39 is 11.6 Å². The maximum atomic E-state index is 14.0. The third-order valence-electron chi connectivity index (χ3n) is 3.42. The van der Waals surface area contributed by atoms with E-state index in [1.165, 1.54) is 12.1 Å². The molecule has 0 aliphatic rings. The number of nitrogens with two attached hydrogens (primary N) is 1. The zero-order valence-corrected chi connectivity index (χ0v) is 13.4. The van der Waals surface area contributed by atoms with E-state index >= 15 is 0 Å². The molecule has 0 aliphatic heterocycles. The van der Waals surface area contributed by atoms with Crippen LogP contribution in [-0.2, 0) is 0 Å². The van der Waals surface area contributed by atoms with Crippen LogP contribution in [0.3, 0.4) is 0 Å². The van der Waals surface area contributed by atoms with Crippen molar-refractivity contribution < 1.29 is 8.78 Å². The second-order valence-corrected chi connectivity index (χ2v) is 6.11. The first-order valence-corrected chi connectivity index (χ1v) is 7.39. The molecule has 1 rings (SSSR count). The minimum atomic E-state index is -0.429. The molecule has 0 heterocycles. The van der Waals surface area contributed by atoms with Crippen LogP contribution in [0.2, 0.25) is 0 Å². The summed E-state index contributed by atoms with van der Waals surface area (Å²) in [5, 5.41) is 0. The fraction of sp³-hybridized carbons (Fsp3) is 0.625. The zero-order chi connectivity index (χ0) is 16.0. The monoisotopic (exact) mass is 299 g/mol. The van der Waals surface area contributed by atoms with Crippen molar-refractivity contribution in [3.05, 3.63) is 35.4 Å². The fourth-order valence-corrected chi connectivity index (χ4v) is 2.41. The molecule has 3 nitrogen and oxygen atoms in total. The fourth-order valence-electron chi connectivity index (χ4n) is 2.41. The molecule has 0 aromatic heterocycles. The normalized spacial score (nSPS) is 13.4. The van der Waals surface area contributed by atoms with Crippen molar-refractivity contribution in [3.63, 3.8) is 0 Å². The van der Waals surface area contributed by atoms with Gasteiger partial charge in [0.1, 0.15) is 11.6 Å². The number of benzene rings is 1. The van der Waals surface area contributed by atoms with Gasteiger partial charge in [0.05, 0.1) is 6.04 Å². The molecule has 0 fully saturated rings. The van der Waals surface area contributed by atoms with Crippen molar-refractivity contribution in [1.29, 1.82) is 0 Å². The number of likely N-dealkylation sites (N-methyl/N-ethyl adjacent to an activating group) is 1. The second-order valence-electron chi connectivity index (χ2n) is 6.11. The Labute approximate surface area is 126 Å². The Morgan fingerprint density at radius 2 is 1.81 bits per heavy atom. The molecule has 1 aromatic rings. The molecule has 0 saturated carbocycles. The highest BCUT2D eigenvalue weighted by Gasteiger charge is 2.23. The number of rotatable bonds is 8. The molecule has 0 aliphatic carbocycles. The van der Waals surface area contributed by atoms with Crippen molar-refractivity contribution in [2.45, 2.75) is 19.9 Å². The third kappa shape index (κ3) is 5.69. The molecule has 120 valence electrons. The van der Waals surface area contributed by atoms with E-state index in [-0.39, 0.29) is 12.6 Å². The van der Waals surface area contributed by atoms with Gasteiger partial charge < -0.3 is 10.6 Å². The first-order chi connectivity index (χ1) is 9.85. The van der Waals surface area contributed by atoms with Gasteiger partial charge in [-0.2, -0.15) is 0 Å². The van der Waals surface area contributed by atoms with Crippen molar-refractivity contribution in [2.24, 2.45) is 11.7 Å². The van der Waals surface area contributed by atoms with Crippen LogP contribution in [0.4, 0.5) is 8.78 Å². The van der Waals surface area contributed by atoms with Gasteiger partial charge in [0.2, 0.25) is 0 Å². The number of hydrogen-bond donors (Lipinski definition) is 1. The molecule has 0 amide bonds. The lowest BCUT2D eigenvalue weighted by molar-refractivity contribution is 0.160. The number of hydrogen-bond acceptors (Lipinski definition) is 3. The maximum Gasteiger partial charge on any atom is 0.128 e. The molecule has 0 spiro atoms. The van der Waals surface area contributed by atoms with Crippen LogP contribution in [-0.4, -0.2) is 50.1 Å². The largest absolute Gasteiger partial charge is 0.329 e. The molecule has 5 heteroatoms. The van der Waals surface area contributed by atoms with E-state index in [0.717, 1.165) is 25.7 Å². The topological polar surface area (TPSA) is 32.5 Å². The van der Waals surface area contributed by atoms with E-state index in [9.17, 15) is 8.78 Å². The van der Waals surface area contributed by atoms with Gasteiger partial charge in [0, 0.05) is 31.7 Å². The van der Waals surface area contributed by atoms with Gasteiger partial charge in [-0.3, -0.25) is 4.90 Å². The third-order valence-corrected chi connectivity index (χ3v) is 3.42. The molecular formula is C16H27F2N3. The highest BCUT2D eigenvalue weighted by Crippen LogP contribution is 2.24. The smallest absolute Gasteiger partial charge is 0.128 e. The lowest BCUT2D eigenvalue weighted by Gasteiger charge is -2.33. The Hall–Kier alpha value is -1.04. The van der Waals surface area contributed by atoms with Crippen LogP contribution in [0, 0.1) is 17.6 Å². The van der Waals surface area contributed by atoms with Crippen LogP contribution >= 0.6 is 0 Å². The second kappa shape index (κ2) is 8.41. The summed E-state index contributed by atoms with van der Waals surface area (Å²) in [5.41, 5.74) is 6.21. The van der Waals surface area contributed by atoms with Gasteiger partial charge in [-0.25, -0.2) is 8.78 Å². The standard InChI is InChI=1S/C16H27F2N3/c1-12(2)11-21(8-7-20(3)4)16(10-19)14-9-13(17)5-6-15(14)18/h5-6,9,12,16H,7-8,10-11,19H2,1-4H3. The van der Waals surface area contributed by atoms with Gasteiger partial charge in [-0.15, -0.1) is 0 Å². The van der Waals surface area contributed by atoms with Crippen LogP contribution in [0.5, 0.6) is 0 Å². The molecule has 0 radical (unpaired) electrons. The molecular weight excluding hydrogens is 272 g/mol. The molecule has 21 heavy (non-hydrogen) atoms. The summed E-state index contributed by atoms with van der Waals surface area (Å²) in [6.07, 6.45) is 0. The average molecular weight is 299 g/mol. The summed E-state index contributed by atoms with van der Waals surface area (Å²) < 4.78 is 27.5. The van der Waals surface area contributed by atoms with Crippen LogP contribution in [0.25, 0.3) is 0 Å². The van der Waals surface area contributed by atoms with E-state index in [1.807, 2.05) is 14.1 Å². The van der Waals surface area contributed by atoms with Crippen LogP contribution < -0.4 is 5.73 Å². The van der Waals surface area contributed by atoms with E-state index in [1.54, 1.807) is 0 Å². The molecule has 1 atom stereocenters. The Kier molecular flexibility index (Phi) is 7.22. The zero-order valence-electron chi connectivity index (χ0n) is 13.4. The highest BCUT2D eigenvalue weighted by atomic mass is 19.1. The maximum absolute atomic E-state index is 14.0. The summed E-state index contributed by atoms with van der Waals surface area (Å²) in [7, 11) is 3.99. The molecule has 0 saturated heterocycles. The predicted molar refractivity (Wildman–Crippen MR) is 83.1 cm³/mol. The summed E-state index contributed by atoms with van der Waals surface area (Å²) >= 11 is 0. The van der Waals surface area contributed by atoms with E-state index in [2.05, 4.69) is 23.6 Å². The number of halogens is 2. The first-order valence-electron chi connectivity index (χ1n) is 7.39. The molecule has 0 bridgehead atoms. The Morgan fingerprint density at radius 1 is 1.14 bits per heavy atom. The summed E-state index contributed by atoms with van der Waals surface area (Å²) in [4.78, 5) is 4.21. The Morgan fingerprint density at radius 3 is 2.33 bits per heavy atom. The Balaban J connectivity index is 3.01. The minimum absolute atomic E-state index is 0.264. The van der Waals surface area contributed by atoms with Crippen molar-refractivity contribution in [2.75, 3.05) is 40.3 Å². The average Bonchev–Trinajstić information content (AvgIpc) is 2.39. The van der Waals surface area contributed by atoms with Crippen molar-refractivity contribution in [1.82, 2.24) is 9.80 Å². The molecule has 2 N–H and O–H groups in total. The lowest BCUT2D eigenvalue weighted by Crippen LogP contribution is -2.40. The quantitative estimate of drug-likeness (QED) is 0.800. The van der Waals surface area contributed by atoms with Gasteiger partial charge in [-0.05, 0) is 38.2 Å². The van der Waals surface area contributed by atoms with Gasteiger partial charge in [-0.1, -0.05) is 13.8 Å². The van der Waals surface area contributed by atoms with E-state index in [0.29, 0.717) is 11.5 Å². The molecule has 1 unspecified atom stereocenters. The van der Waals surface area contributed by atoms with Gasteiger partial charge >= 0.3 is 0 Å². The highest BCUT2D eigenvalue weighted by molar-refractivity contribution is 5.23. The SMILES string of the molecule is CC(C)CN(CCN(C)C)C(CN)c1cc(F)ccc1F. The number of nitrogens with zero attached hydrogens (tertiary/aromatic N) is 2. The Bertz CT molecular complexity index is 436. The minimum Gasteiger partial charge on any atom is -0.329 e. The summed E-state index contributed by atoms with van der Waals surface area (Å²) in [6, 6.07) is 3.27. The predicted octanol–water partition coefficient (Wildman–Crippen LogP) is 2.48. The van der Waals surface area contributed by atoms with Crippen molar-refractivity contribution in [3.8, 4) is 0 Å². The summed E-state index contributed by atoms with van der Waals surface area (Å²) in [6.45, 7) is 6.89. The van der Waals surface area contributed by atoms with E-state index in [4.69, 9.17) is 5.73 Å². The van der Waals surface area contributed by atoms with Crippen LogP contribution in [0.15, 0.2) is 18.2 Å². The summed E-state index contributed by atoms with van der Waals surface area (Å²) in [5.74, 6) is -0.398. The van der Waals surface area contributed by atoms with Gasteiger partial charge in [0.25, 0.3) is 0 Å². The van der Waals surface area contributed by atoms with Gasteiger partial charge in [0.15, 0.2) is 0 Å². The van der Waals surface area contributed by atoms with Crippen LogP contribution in [0.1, 0.15) is 25.5 Å². The lowest BCUT2D eigenvalue weighted by atomic mass is 10.0. The molecule has 1 aromatic carbocycles. The first kappa shape index (κ1) is 18.0.